The highest BCUT2D eigenvalue weighted by Gasteiger charge is 2.10. The Hall–Kier alpha value is -1.45. The Bertz CT molecular complexity index is 501. The van der Waals surface area contributed by atoms with Crippen molar-refractivity contribution in [1.82, 2.24) is 5.32 Å². The van der Waals surface area contributed by atoms with Gasteiger partial charge in [0.25, 0.3) is 0 Å². The Balaban J connectivity index is 2.03. The molecule has 2 nitrogen and oxygen atoms in total. The van der Waals surface area contributed by atoms with Gasteiger partial charge in [-0.25, -0.2) is 0 Å². The molecular weight excluding hydrogens is 254 g/mol. The summed E-state index contributed by atoms with van der Waals surface area (Å²) in [5, 5.41) is 3.36. The number of thioether (sulfide) groups is 1. The zero-order valence-electron chi connectivity index (χ0n) is 11.3. The number of nitrogens with one attached hydrogen (secondary N) is 1. The summed E-state index contributed by atoms with van der Waals surface area (Å²) in [5.74, 6) is 1.90. The fourth-order valence-electron chi connectivity index (χ4n) is 1.90. The summed E-state index contributed by atoms with van der Waals surface area (Å²) in [4.78, 5) is 1.30. The van der Waals surface area contributed by atoms with Gasteiger partial charge in [-0.1, -0.05) is 30.3 Å². The summed E-state index contributed by atoms with van der Waals surface area (Å²) >= 11 is 1.86. The van der Waals surface area contributed by atoms with Crippen LogP contribution in [0.3, 0.4) is 0 Å². The first kappa shape index (κ1) is 14.0. The van der Waals surface area contributed by atoms with Crippen LogP contribution in [0.1, 0.15) is 11.6 Å². The van der Waals surface area contributed by atoms with Gasteiger partial charge in [0.05, 0.1) is 7.11 Å². The molecule has 0 aliphatic carbocycles. The molecule has 0 saturated carbocycles. The van der Waals surface area contributed by atoms with E-state index < -0.39 is 0 Å². The van der Waals surface area contributed by atoms with E-state index in [2.05, 4.69) is 41.7 Å². The monoisotopic (exact) mass is 273 g/mol. The second kappa shape index (κ2) is 7.22. The molecule has 0 aromatic heterocycles. The standard InChI is InChI=1S/C16H19NOS/c1-17-16(12-19-15-9-4-3-5-10-15)13-7-6-8-14(11-13)18-2/h3-11,16-17H,12H2,1-2H3. The Labute approximate surface area is 119 Å². The molecule has 2 rings (SSSR count). The Morgan fingerprint density at radius 1 is 1.11 bits per heavy atom. The van der Waals surface area contributed by atoms with Crippen molar-refractivity contribution in [3.63, 3.8) is 0 Å². The summed E-state index contributed by atoms with van der Waals surface area (Å²) in [6.07, 6.45) is 0. The Kier molecular flexibility index (Phi) is 5.31. The lowest BCUT2D eigenvalue weighted by atomic mass is 10.1. The Morgan fingerprint density at radius 3 is 2.58 bits per heavy atom. The van der Waals surface area contributed by atoms with Crippen LogP contribution < -0.4 is 10.1 Å². The van der Waals surface area contributed by atoms with Gasteiger partial charge in [-0.15, -0.1) is 11.8 Å². The normalized spacial score (nSPS) is 12.1. The maximum absolute atomic E-state index is 5.28. The van der Waals surface area contributed by atoms with Crippen LogP contribution in [0.25, 0.3) is 0 Å². The van der Waals surface area contributed by atoms with Crippen molar-refractivity contribution in [1.29, 1.82) is 0 Å². The van der Waals surface area contributed by atoms with Gasteiger partial charge in [-0.3, -0.25) is 0 Å². The molecule has 0 aliphatic heterocycles. The largest absolute Gasteiger partial charge is 0.497 e. The molecule has 0 spiro atoms. The molecule has 3 heteroatoms. The van der Waals surface area contributed by atoms with Gasteiger partial charge in [-0.05, 0) is 36.9 Å². The van der Waals surface area contributed by atoms with E-state index >= 15 is 0 Å². The third-order valence-electron chi connectivity index (χ3n) is 3.00. The zero-order valence-corrected chi connectivity index (χ0v) is 12.1. The molecule has 0 fully saturated rings. The van der Waals surface area contributed by atoms with Gasteiger partial charge in [0.2, 0.25) is 0 Å². The Morgan fingerprint density at radius 2 is 1.89 bits per heavy atom. The number of hydrogen-bond acceptors (Lipinski definition) is 3. The molecule has 0 saturated heterocycles. The lowest BCUT2D eigenvalue weighted by Crippen LogP contribution is -2.18. The van der Waals surface area contributed by atoms with Crippen molar-refractivity contribution in [2.24, 2.45) is 0 Å². The van der Waals surface area contributed by atoms with E-state index in [-0.39, 0.29) is 0 Å². The summed E-state index contributed by atoms with van der Waals surface area (Å²) < 4.78 is 5.28. The molecule has 2 aromatic carbocycles. The van der Waals surface area contributed by atoms with Crippen LogP contribution in [0.15, 0.2) is 59.5 Å². The highest BCUT2D eigenvalue weighted by Crippen LogP contribution is 2.26. The maximum Gasteiger partial charge on any atom is 0.119 e. The number of hydrogen-bond donors (Lipinski definition) is 1. The smallest absolute Gasteiger partial charge is 0.119 e. The molecule has 1 unspecified atom stereocenters. The molecule has 0 radical (unpaired) electrons. The number of ether oxygens (including phenoxy) is 1. The van der Waals surface area contributed by atoms with Gasteiger partial charge < -0.3 is 10.1 Å². The van der Waals surface area contributed by atoms with E-state index in [1.807, 2.05) is 37.0 Å². The van der Waals surface area contributed by atoms with Crippen molar-refractivity contribution in [3.8, 4) is 5.75 Å². The lowest BCUT2D eigenvalue weighted by molar-refractivity contribution is 0.413. The summed E-state index contributed by atoms with van der Waals surface area (Å²) in [7, 11) is 3.70. The topological polar surface area (TPSA) is 21.3 Å². The zero-order chi connectivity index (χ0) is 13.5. The molecule has 19 heavy (non-hydrogen) atoms. The van der Waals surface area contributed by atoms with Crippen LogP contribution in [0.2, 0.25) is 0 Å². The SMILES string of the molecule is CNC(CSc1ccccc1)c1cccc(OC)c1. The number of methoxy groups -OCH3 is 1. The molecule has 0 amide bonds. The van der Waals surface area contributed by atoms with Crippen LogP contribution >= 0.6 is 11.8 Å². The second-order valence-electron chi connectivity index (χ2n) is 4.24. The minimum atomic E-state index is 0.320. The van der Waals surface area contributed by atoms with Gasteiger partial charge in [0, 0.05) is 16.7 Å². The first-order chi connectivity index (χ1) is 9.33. The average Bonchev–Trinajstić information content (AvgIpc) is 2.49. The minimum Gasteiger partial charge on any atom is -0.497 e. The van der Waals surface area contributed by atoms with Gasteiger partial charge in [0.15, 0.2) is 0 Å². The lowest BCUT2D eigenvalue weighted by Gasteiger charge is -2.17. The number of benzene rings is 2. The highest BCUT2D eigenvalue weighted by atomic mass is 32.2. The van der Waals surface area contributed by atoms with Crippen molar-refractivity contribution in [3.05, 3.63) is 60.2 Å². The van der Waals surface area contributed by atoms with E-state index in [0.717, 1.165) is 11.5 Å². The van der Waals surface area contributed by atoms with E-state index in [9.17, 15) is 0 Å². The molecule has 100 valence electrons. The highest BCUT2D eigenvalue weighted by molar-refractivity contribution is 7.99. The van der Waals surface area contributed by atoms with Gasteiger partial charge in [-0.2, -0.15) is 0 Å². The fourth-order valence-corrected chi connectivity index (χ4v) is 2.97. The van der Waals surface area contributed by atoms with Gasteiger partial charge >= 0.3 is 0 Å². The molecule has 1 N–H and O–H groups in total. The first-order valence-electron chi connectivity index (χ1n) is 6.32. The minimum absolute atomic E-state index is 0.320. The van der Waals surface area contributed by atoms with Gasteiger partial charge in [0.1, 0.15) is 5.75 Å². The van der Waals surface area contributed by atoms with Crippen LogP contribution in [0, 0.1) is 0 Å². The second-order valence-corrected chi connectivity index (χ2v) is 5.34. The van der Waals surface area contributed by atoms with Crippen molar-refractivity contribution < 1.29 is 4.74 Å². The van der Waals surface area contributed by atoms with Crippen LogP contribution in [-0.4, -0.2) is 19.9 Å². The van der Waals surface area contributed by atoms with Crippen LogP contribution in [0.5, 0.6) is 5.75 Å². The summed E-state index contributed by atoms with van der Waals surface area (Å²) in [6, 6.07) is 19.0. The van der Waals surface area contributed by atoms with E-state index in [1.54, 1.807) is 7.11 Å². The van der Waals surface area contributed by atoms with E-state index in [4.69, 9.17) is 4.74 Å². The van der Waals surface area contributed by atoms with E-state index in [0.29, 0.717) is 6.04 Å². The number of rotatable bonds is 6. The quantitative estimate of drug-likeness (QED) is 0.810. The summed E-state index contributed by atoms with van der Waals surface area (Å²) in [6.45, 7) is 0. The fraction of sp³-hybridized carbons (Fsp3) is 0.250. The predicted octanol–water partition coefficient (Wildman–Crippen LogP) is 3.75. The van der Waals surface area contributed by atoms with E-state index in [1.165, 1.54) is 10.5 Å². The third kappa shape index (κ3) is 4.01. The molecule has 0 aliphatic rings. The molecule has 0 heterocycles. The average molecular weight is 273 g/mol. The van der Waals surface area contributed by atoms with Crippen LogP contribution in [0.4, 0.5) is 0 Å². The maximum atomic E-state index is 5.28. The third-order valence-corrected chi connectivity index (χ3v) is 4.11. The van der Waals surface area contributed by atoms with Crippen LogP contribution in [-0.2, 0) is 0 Å². The molecular formula is C16H19NOS. The predicted molar refractivity (Wildman–Crippen MR) is 82.0 cm³/mol. The summed E-state index contributed by atoms with van der Waals surface area (Å²) in [5.41, 5.74) is 1.25. The van der Waals surface area contributed by atoms with Crippen molar-refractivity contribution >= 4 is 11.8 Å². The first-order valence-corrected chi connectivity index (χ1v) is 7.31. The molecule has 0 bridgehead atoms. The van der Waals surface area contributed by atoms with Crippen molar-refractivity contribution in [2.45, 2.75) is 10.9 Å². The molecule has 1 atom stereocenters. The van der Waals surface area contributed by atoms with Crippen molar-refractivity contribution in [2.75, 3.05) is 19.9 Å². The molecule has 2 aromatic rings.